The summed E-state index contributed by atoms with van der Waals surface area (Å²) >= 11 is 0. The number of anilines is 2. The first-order chi connectivity index (χ1) is 9.61. The molecular weight excluding hydrogens is 246 g/mol. The number of hydrogen-bond acceptors (Lipinski definition) is 3. The largest absolute Gasteiger partial charge is 0.376 e. The van der Waals surface area contributed by atoms with Crippen LogP contribution in [0.25, 0.3) is 0 Å². The van der Waals surface area contributed by atoms with Crippen molar-refractivity contribution in [2.24, 2.45) is 0 Å². The van der Waals surface area contributed by atoms with Crippen molar-refractivity contribution in [1.29, 1.82) is 0 Å². The van der Waals surface area contributed by atoms with E-state index in [-0.39, 0.29) is 6.04 Å². The second-order valence-electron chi connectivity index (χ2n) is 5.25. The number of aryl methyl sites for hydroxylation is 1. The van der Waals surface area contributed by atoms with Crippen LogP contribution in [-0.2, 0) is 6.42 Å². The van der Waals surface area contributed by atoms with Crippen LogP contribution in [0.4, 0.5) is 11.4 Å². The van der Waals surface area contributed by atoms with Crippen LogP contribution in [0.15, 0.2) is 42.7 Å². The maximum absolute atomic E-state index is 4.21. The molecule has 2 aromatic rings. The number of nitrogens with zero attached hydrogens (tertiary/aromatic N) is 2. The van der Waals surface area contributed by atoms with Crippen molar-refractivity contribution < 1.29 is 0 Å². The van der Waals surface area contributed by atoms with Gasteiger partial charge in [-0.25, -0.2) is 0 Å². The molecule has 0 aliphatic carbocycles. The smallest absolute Gasteiger partial charge is 0.0768 e. The molecule has 3 nitrogen and oxygen atoms in total. The predicted octanol–water partition coefficient (Wildman–Crippen LogP) is 3.88. The van der Waals surface area contributed by atoms with Crippen LogP contribution >= 0.6 is 0 Å². The Bertz CT molecular complexity index is 546. The topological polar surface area (TPSA) is 28.2 Å². The molecule has 1 unspecified atom stereocenters. The van der Waals surface area contributed by atoms with Gasteiger partial charge in [0.05, 0.1) is 17.6 Å². The minimum atomic E-state index is 0.254. The van der Waals surface area contributed by atoms with Gasteiger partial charge in [-0.3, -0.25) is 4.98 Å². The molecule has 0 saturated carbocycles. The highest BCUT2D eigenvalue weighted by molar-refractivity contribution is 5.68. The lowest BCUT2D eigenvalue weighted by atomic mass is 10.0. The van der Waals surface area contributed by atoms with Gasteiger partial charge in [0.15, 0.2) is 0 Å². The first-order valence-electron chi connectivity index (χ1n) is 7.08. The summed E-state index contributed by atoms with van der Waals surface area (Å²) in [6.07, 6.45) is 4.78. The number of hydrogen-bond donors (Lipinski definition) is 1. The highest BCUT2D eigenvalue weighted by Crippen LogP contribution is 2.27. The van der Waals surface area contributed by atoms with Gasteiger partial charge in [-0.2, -0.15) is 0 Å². The Morgan fingerprint density at radius 3 is 2.45 bits per heavy atom. The van der Waals surface area contributed by atoms with Crippen LogP contribution in [0.5, 0.6) is 0 Å². The SMILES string of the molecule is CCc1ccc(C(C)Nc2cnccc2N(C)C)cc1. The number of nitrogens with one attached hydrogen (secondary N) is 1. The monoisotopic (exact) mass is 269 g/mol. The van der Waals surface area contributed by atoms with Crippen LogP contribution < -0.4 is 10.2 Å². The van der Waals surface area contributed by atoms with E-state index >= 15 is 0 Å². The molecule has 106 valence electrons. The lowest BCUT2D eigenvalue weighted by Gasteiger charge is -2.21. The average Bonchev–Trinajstić information content (AvgIpc) is 2.47. The maximum Gasteiger partial charge on any atom is 0.0768 e. The number of aromatic nitrogens is 1. The summed E-state index contributed by atoms with van der Waals surface area (Å²) in [5, 5.41) is 3.54. The Hall–Kier alpha value is -2.03. The van der Waals surface area contributed by atoms with Gasteiger partial charge in [-0.15, -0.1) is 0 Å². The normalized spacial score (nSPS) is 12.0. The lowest BCUT2D eigenvalue weighted by molar-refractivity contribution is 0.879. The number of pyridine rings is 1. The van der Waals surface area contributed by atoms with E-state index in [2.05, 4.69) is 53.3 Å². The minimum absolute atomic E-state index is 0.254. The molecule has 3 heteroatoms. The van der Waals surface area contributed by atoms with E-state index in [1.807, 2.05) is 32.6 Å². The number of rotatable bonds is 5. The van der Waals surface area contributed by atoms with Crippen molar-refractivity contribution in [3.8, 4) is 0 Å². The van der Waals surface area contributed by atoms with Crippen molar-refractivity contribution in [2.45, 2.75) is 26.3 Å². The van der Waals surface area contributed by atoms with Crippen LogP contribution in [-0.4, -0.2) is 19.1 Å². The van der Waals surface area contributed by atoms with Crippen molar-refractivity contribution in [1.82, 2.24) is 4.98 Å². The summed E-state index contributed by atoms with van der Waals surface area (Å²) in [5.74, 6) is 0. The van der Waals surface area contributed by atoms with E-state index in [1.54, 1.807) is 0 Å². The van der Waals surface area contributed by atoms with Gasteiger partial charge in [-0.1, -0.05) is 31.2 Å². The van der Waals surface area contributed by atoms with Gasteiger partial charge in [0.25, 0.3) is 0 Å². The summed E-state index contributed by atoms with van der Waals surface area (Å²) in [6, 6.07) is 11.1. The molecule has 0 bridgehead atoms. The van der Waals surface area contributed by atoms with Gasteiger partial charge in [0.2, 0.25) is 0 Å². The fourth-order valence-corrected chi connectivity index (χ4v) is 2.25. The second kappa shape index (κ2) is 6.42. The fraction of sp³-hybridized carbons (Fsp3) is 0.353. The van der Waals surface area contributed by atoms with E-state index in [0.717, 1.165) is 17.8 Å². The zero-order valence-corrected chi connectivity index (χ0v) is 12.7. The third-order valence-corrected chi connectivity index (χ3v) is 3.54. The lowest BCUT2D eigenvalue weighted by Crippen LogP contribution is -2.14. The van der Waals surface area contributed by atoms with Crippen LogP contribution in [0.1, 0.15) is 31.0 Å². The van der Waals surface area contributed by atoms with E-state index in [4.69, 9.17) is 0 Å². The summed E-state index contributed by atoms with van der Waals surface area (Å²) in [7, 11) is 4.09. The fourth-order valence-electron chi connectivity index (χ4n) is 2.25. The highest BCUT2D eigenvalue weighted by atomic mass is 15.1. The molecule has 1 aromatic carbocycles. The van der Waals surface area contributed by atoms with Crippen LogP contribution in [0.2, 0.25) is 0 Å². The van der Waals surface area contributed by atoms with Gasteiger partial charge in [0, 0.05) is 26.3 Å². The van der Waals surface area contributed by atoms with Gasteiger partial charge >= 0.3 is 0 Å². The molecule has 1 N–H and O–H groups in total. The molecule has 0 radical (unpaired) electrons. The molecule has 0 aliphatic rings. The van der Waals surface area contributed by atoms with E-state index in [0.29, 0.717) is 0 Å². The zero-order valence-electron chi connectivity index (χ0n) is 12.7. The highest BCUT2D eigenvalue weighted by Gasteiger charge is 2.09. The number of benzene rings is 1. The quantitative estimate of drug-likeness (QED) is 0.892. The van der Waals surface area contributed by atoms with Crippen molar-refractivity contribution in [3.63, 3.8) is 0 Å². The molecule has 0 spiro atoms. The molecule has 1 atom stereocenters. The molecule has 1 aromatic heterocycles. The summed E-state index contributed by atoms with van der Waals surface area (Å²) in [4.78, 5) is 6.31. The third-order valence-electron chi connectivity index (χ3n) is 3.54. The standard InChI is InChI=1S/C17H23N3/c1-5-14-6-8-15(9-7-14)13(2)19-16-12-18-11-10-17(16)20(3)4/h6-13,19H,5H2,1-4H3. The van der Waals surface area contributed by atoms with Crippen molar-refractivity contribution in [2.75, 3.05) is 24.3 Å². The first kappa shape index (κ1) is 14.4. The molecule has 0 saturated heterocycles. The summed E-state index contributed by atoms with van der Waals surface area (Å²) < 4.78 is 0. The van der Waals surface area contributed by atoms with Crippen LogP contribution in [0, 0.1) is 0 Å². The van der Waals surface area contributed by atoms with Crippen LogP contribution in [0.3, 0.4) is 0 Å². The van der Waals surface area contributed by atoms with Gasteiger partial charge < -0.3 is 10.2 Å². The Morgan fingerprint density at radius 2 is 1.85 bits per heavy atom. The molecular formula is C17H23N3. The Labute approximate surface area is 121 Å². The second-order valence-corrected chi connectivity index (χ2v) is 5.25. The first-order valence-corrected chi connectivity index (χ1v) is 7.08. The van der Waals surface area contributed by atoms with Gasteiger partial charge in [-0.05, 0) is 30.5 Å². The Kier molecular flexibility index (Phi) is 4.61. The van der Waals surface area contributed by atoms with Crippen molar-refractivity contribution in [3.05, 3.63) is 53.9 Å². The van der Waals surface area contributed by atoms with E-state index < -0.39 is 0 Å². The maximum atomic E-state index is 4.21. The Balaban J connectivity index is 2.16. The van der Waals surface area contributed by atoms with Gasteiger partial charge in [0.1, 0.15) is 0 Å². The van der Waals surface area contributed by atoms with E-state index in [9.17, 15) is 0 Å². The third kappa shape index (κ3) is 3.29. The minimum Gasteiger partial charge on any atom is -0.376 e. The molecule has 0 fully saturated rings. The predicted molar refractivity (Wildman–Crippen MR) is 86.4 cm³/mol. The van der Waals surface area contributed by atoms with Crippen molar-refractivity contribution >= 4 is 11.4 Å². The van der Waals surface area contributed by atoms with E-state index in [1.165, 1.54) is 11.1 Å². The Morgan fingerprint density at radius 1 is 1.15 bits per heavy atom. The zero-order chi connectivity index (χ0) is 14.5. The molecule has 20 heavy (non-hydrogen) atoms. The molecule has 0 amide bonds. The molecule has 2 rings (SSSR count). The average molecular weight is 269 g/mol. The summed E-state index contributed by atoms with van der Waals surface area (Å²) in [6.45, 7) is 4.35. The summed E-state index contributed by atoms with van der Waals surface area (Å²) in [5.41, 5.74) is 4.87. The molecule has 0 aliphatic heterocycles. The molecule has 1 heterocycles.